The lowest BCUT2D eigenvalue weighted by Crippen LogP contribution is -1.85. The highest BCUT2D eigenvalue weighted by molar-refractivity contribution is 7.26. The number of thiophene rings is 1. The minimum Gasteiger partial charge on any atom is -0.248 e. The minimum absolute atomic E-state index is 1.04. The maximum Gasteiger partial charge on any atom is 0.0724 e. The Kier molecular flexibility index (Phi) is 2.73. The zero-order valence-electron chi connectivity index (χ0n) is 12.4. The van der Waals surface area contributed by atoms with E-state index in [-0.39, 0.29) is 0 Å². The number of hydrogen-bond donors (Lipinski definition) is 0. The van der Waals surface area contributed by atoms with Crippen LogP contribution in [-0.2, 0) is 0 Å². The van der Waals surface area contributed by atoms with Gasteiger partial charge in [-0.05, 0) is 18.2 Å². The number of para-hydroxylation sites is 1. The van der Waals surface area contributed by atoms with Gasteiger partial charge in [0, 0.05) is 31.1 Å². The fourth-order valence-electron chi connectivity index (χ4n) is 3.16. The second kappa shape index (κ2) is 4.90. The lowest BCUT2D eigenvalue weighted by molar-refractivity contribution is 1.41. The summed E-state index contributed by atoms with van der Waals surface area (Å²) in [6.45, 7) is 0. The first-order valence-electron chi connectivity index (χ1n) is 7.66. The van der Waals surface area contributed by atoms with Crippen LogP contribution in [0.5, 0.6) is 0 Å². The van der Waals surface area contributed by atoms with E-state index in [4.69, 9.17) is 4.98 Å². The highest BCUT2D eigenvalue weighted by atomic mass is 32.1. The molecular formula is C21H13NS. The second-order valence-electron chi connectivity index (χ2n) is 5.67. The number of fused-ring (bicyclic) bond motifs is 4. The number of pyridine rings is 1. The van der Waals surface area contributed by atoms with Crippen molar-refractivity contribution in [3.05, 3.63) is 78.9 Å². The van der Waals surface area contributed by atoms with E-state index in [1.807, 2.05) is 17.4 Å². The van der Waals surface area contributed by atoms with Crippen LogP contribution in [0.4, 0.5) is 0 Å². The fourth-order valence-corrected chi connectivity index (χ4v) is 4.39. The summed E-state index contributed by atoms with van der Waals surface area (Å²) in [5.74, 6) is 0. The zero-order valence-corrected chi connectivity index (χ0v) is 13.2. The predicted molar refractivity (Wildman–Crippen MR) is 100 cm³/mol. The van der Waals surface area contributed by atoms with Crippen LogP contribution in [0.1, 0.15) is 0 Å². The molecule has 2 heterocycles. The van der Waals surface area contributed by atoms with Gasteiger partial charge in [0.2, 0.25) is 0 Å². The standard InChI is InChI=1S/C21H13NS/c1-3-10-18-14(6-1)12-13-19(22-18)17-9-5-8-16-15-7-2-4-11-20(15)23-21(16)17/h1-13H. The molecule has 0 spiro atoms. The SMILES string of the molecule is c1ccc2nc(-c3cccc4c3sc3ccccc34)ccc2c1. The van der Waals surface area contributed by atoms with Crippen molar-refractivity contribution in [1.29, 1.82) is 0 Å². The van der Waals surface area contributed by atoms with E-state index in [0.29, 0.717) is 0 Å². The molecule has 0 atom stereocenters. The van der Waals surface area contributed by atoms with E-state index in [0.717, 1.165) is 11.2 Å². The monoisotopic (exact) mass is 311 g/mol. The van der Waals surface area contributed by atoms with Crippen LogP contribution in [0, 0.1) is 0 Å². The average molecular weight is 311 g/mol. The highest BCUT2D eigenvalue weighted by Gasteiger charge is 2.10. The van der Waals surface area contributed by atoms with Crippen molar-refractivity contribution in [3.8, 4) is 11.3 Å². The number of rotatable bonds is 1. The molecule has 0 bridgehead atoms. The van der Waals surface area contributed by atoms with E-state index < -0.39 is 0 Å². The Balaban J connectivity index is 1.84. The summed E-state index contributed by atoms with van der Waals surface area (Å²) in [6.07, 6.45) is 0. The largest absolute Gasteiger partial charge is 0.248 e. The van der Waals surface area contributed by atoms with Gasteiger partial charge in [0.05, 0.1) is 11.2 Å². The van der Waals surface area contributed by atoms with Crippen molar-refractivity contribution in [2.45, 2.75) is 0 Å². The summed E-state index contributed by atoms with van der Waals surface area (Å²) >= 11 is 1.85. The summed E-state index contributed by atoms with van der Waals surface area (Å²) in [5, 5.41) is 3.83. The van der Waals surface area contributed by atoms with Gasteiger partial charge in [-0.25, -0.2) is 4.98 Å². The van der Waals surface area contributed by atoms with Crippen LogP contribution >= 0.6 is 11.3 Å². The number of hydrogen-bond acceptors (Lipinski definition) is 2. The molecule has 2 aromatic heterocycles. The lowest BCUT2D eigenvalue weighted by atomic mass is 10.1. The molecule has 0 saturated carbocycles. The molecule has 0 fully saturated rings. The number of aromatic nitrogens is 1. The van der Waals surface area contributed by atoms with Gasteiger partial charge in [0.15, 0.2) is 0 Å². The summed E-state index contributed by atoms with van der Waals surface area (Å²) < 4.78 is 2.65. The van der Waals surface area contributed by atoms with Crippen molar-refractivity contribution < 1.29 is 0 Å². The normalized spacial score (nSPS) is 11.5. The number of nitrogens with zero attached hydrogens (tertiary/aromatic N) is 1. The van der Waals surface area contributed by atoms with E-state index in [1.54, 1.807) is 0 Å². The van der Waals surface area contributed by atoms with Crippen molar-refractivity contribution in [2.24, 2.45) is 0 Å². The Morgan fingerprint density at radius 3 is 2.48 bits per heavy atom. The van der Waals surface area contributed by atoms with Crippen LogP contribution in [0.2, 0.25) is 0 Å². The first-order valence-corrected chi connectivity index (χ1v) is 8.48. The molecule has 0 aliphatic carbocycles. The molecule has 0 N–H and O–H groups in total. The van der Waals surface area contributed by atoms with E-state index in [9.17, 15) is 0 Å². The van der Waals surface area contributed by atoms with Crippen LogP contribution in [0.15, 0.2) is 78.9 Å². The maximum absolute atomic E-state index is 4.87. The molecule has 3 aromatic carbocycles. The van der Waals surface area contributed by atoms with Crippen LogP contribution in [-0.4, -0.2) is 4.98 Å². The van der Waals surface area contributed by atoms with E-state index >= 15 is 0 Å². The molecule has 0 aliphatic heterocycles. The summed E-state index contributed by atoms with van der Waals surface area (Å²) in [7, 11) is 0. The second-order valence-corrected chi connectivity index (χ2v) is 6.72. The third kappa shape index (κ3) is 1.96. The molecule has 0 amide bonds. The topological polar surface area (TPSA) is 12.9 Å². The first kappa shape index (κ1) is 12.8. The molecular weight excluding hydrogens is 298 g/mol. The third-order valence-electron chi connectivity index (χ3n) is 4.28. The van der Waals surface area contributed by atoms with Crippen molar-refractivity contribution >= 4 is 42.4 Å². The van der Waals surface area contributed by atoms with E-state index in [2.05, 4.69) is 72.8 Å². The molecule has 0 unspecified atom stereocenters. The van der Waals surface area contributed by atoms with Crippen molar-refractivity contribution in [2.75, 3.05) is 0 Å². The Labute approximate surface area is 137 Å². The van der Waals surface area contributed by atoms with Gasteiger partial charge in [0.1, 0.15) is 0 Å². The van der Waals surface area contributed by atoms with Gasteiger partial charge >= 0.3 is 0 Å². The summed E-state index contributed by atoms with van der Waals surface area (Å²) in [6, 6.07) is 27.7. The smallest absolute Gasteiger partial charge is 0.0724 e. The predicted octanol–water partition coefficient (Wildman–Crippen LogP) is 6.27. The quantitative estimate of drug-likeness (QED) is 0.355. The number of benzene rings is 3. The first-order chi connectivity index (χ1) is 11.4. The molecule has 2 heteroatoms. The molecule has 1 nitrogen and oxygen atoms in total. The molecule has 5 aromatic rings. The van der Waals surface area contributed by atoms with Crippen LogP contribution < -0.4 is 0 Å². The maximum atomic E-state index is 4.87. The molecule has 0 radical (unpaired) electrons. The summed E-state index contributed by atoms with van der Waals surface area (Å²) in [5.41, 5.74) is 3.30. The van der Waals surface area contributed by atoms with E-state index in [1.165, 1.54) is 31.1 Å². The Hall–Kier alpha value is -2.71. The van der Waals surface area contributed by atoms with Gasteiger partial charge < -0.3 is 0 Å². The van der Waals surface area contributed by atoms with Crippen molar-refractivity contribution in [3.63, 3.8) is 0 Å². The molecule has 23 heavy (non-hydrogen) atoms. The molecule has 0 aliphatic rings. The average Bonchev–Trinajstić information content (AvgIpc) is 3.00. The molecule has 5 rings (SSSR count). The lowest BCUT2D eigenvalue weighted by Gasteiger charge is -2.04. The summed E-state index contributed by atoms with van der Waals surface area (Å²) in [4.78, 5) is 4.87. The molecule has 0 saturated heterocycles. The van der Waals surface area contributed by atoms with Gasteiger partial charge in [0.25, 0.3) is 0 Å². The highest BCUT2D eigenvalue weighted by Crippen LogP contribution is 2.39. The van der Waals surface area contributed by atoms with Gasteiger partial charge in [-0.3, -0.25) is 0 Å². The minimum atomic E-state index is 1.04. The zero-order chi connectivity index (χ0) is 15.2. The Morgan fingerprint density at radius 1 is 0.652 bits per heavy atom. The Morgan fingerprint density at radius 2 is 1.48 bits per heavy atom. The van der Waals surface area contributed by atoms with Crippen LogP contribution in [0.25, 0.3) is 42.3 Å². The fraction of sp³-hybridized carbons (Fsp3) is 0. The third-order valence-corrected chi connectivity index (χ3v) is 5.50. The van der Waals surface area contributed by atoms with Crippen molar-refractivity contribution in [1.82, 2.24) is 4.98 Å². The Bertz CT molecular complexity index is 1170. The van der Waals surface area contributed by atoms with Crippen LogP contribution in [0.3, 0.4) is 0 Å². The van der Waals surface area contributed by atoms with Gasteiger partial charge in [-0.1, -0.05) is 60.7 Å². The molecule has 108 valence electrons. The van der Waals surface area contributed by atoms with Gasteiger partial charge in [-0.15, -0.1) is 11.3 Å². The van der Waals surface area contributed by atoms with Gasteiger partial charge in [-0.2, -0.15) is 0 Å².